The summed E-state index contributed by atoms with van der Waals surface area (Å²) in [7, 11) is 0. The Bertz CT molecular complexity index is 811. The van der Waals surface area contributed by atoms with Gasteiger partial charge in [0, 0.05) is 0 Å². The van der Waals surface area contributed by atoms with Crippen molar-refractivity contribution in [2.75, 3.05) is 0 Å². The third kappa shape index (κ3) is 3.17. The standard InChI is InChI=1S/C16H9ClN2OSe/c17-13-5-3-11(4-6-13)15-10-21-16(19-15)12(9-18)8-14-2-1-7-20-14/h1-8,10H/b12-8+. The number of benzene rings is 1. The minimum absolute atomic E-state index is 0.0448. The molecule has 2 heterocycles. The van der Waals surface area contributed by atoms with Gasteiger partial charge in [-0.25, -0.2) is 0 Å². The number of nitriles is 1. The molecule has 0 N–H and O–H groups in total. The molecular weight excluding hydrogens is 351 g/mol. The number of nitrogens with zero attached hydrogens (tertiary/aromatic N) is 2. The van der Waals surface area contributed by atoms with Crippen molar-refractivity contribution in [3.8, 4) is 17.3 Å². The van der Waals surface area contributed by atoms with Crippen LogP contribution in [0.1, 0.15) is 10.3 Å². The quantitative estimate of drug-likeness (QED) is 0.522. The van der Waals surface area contributed by atoms with Crippen LogP contribution in [0.15, 0.2) is 52.0 Å². The van der Waals surface area contributed by atoms with Gasteiger partial charge in [-0.3, -0.25) is 0 Å². The van der Waals surface area contributed by atoms with Crippen LogP contribution in [0.5, 0.6) is 0 Å². The maximum atomic E-state index is 9.31. The van der Waals surface area contributed by atoms with Gasteiger partial charge in [-0.15, -0.1) is 0 Å². The molecule has 102 valence electrons. The summed E-state index contributed by atoms with van der Waals surface area (Å²) in [6.07, 6.45) is 3.30. The molecule has 0 aliphatic carbocycles. The SMILES string of the molecule is N#C/C(=C\c1ccco1)c1nc(-c2ccc(Cl)cc2)c[se]1. The van der Waals surface area contributed by atoms with Crippen LogP contribution in [-0.4, -0.2) is 19.5 Å². The average Bonchev–Trinajstić information content (AvgIpc) is 3.17. The minimum atomic E-state index is 0.0448. The normalized spacial score (nSPS) is 11.3. The summed E-state index contributed by atoms with van der Waals surface area (Å²) in [6.45, 7) is 0. The Labute approximate surface area is 132 Å². The molecule has 0 fully saturated rings. The van der Waals surface area contributed by atoms with Crippen molar-refractivity contribution in [3.63, 3.8) is 0 Å². The molecule has 0 saturated carbocycles. The van der Waals surface area contributed by atoms with Crippen molar-refractivity contribution in [1.82, 2.24) is 4.98 Å². The van der Waals surface area contributed by atoms with Crippen LogP contribution in [0.2, 0.25) is 5.02 Å². The summed E-state index contributed by atoms with van der Waals surface area (Å²) in [5, 5.41) is 10.0. The summed E-state index contributed by atoms with van der Waals surface area (Å²) in [5.74, 6) is 0.657. The number of allylic oxidation sites excluding steroid dienone is 1. The number of aromatic nitrogens is 1. The van der Waals surface area contributed by atoms with Crippen LogP contribution in [0.25, 0.3) is 22.9 Å². The van der Waals surface area contributed by atoms with Crippen LogP contribution < -0.4 is 0 Å². The van der Waals surface area contributed by atoms with Gasteiger partial charge in [-0.2, -0.15) is 0 Å². The Hall–Kier alpha value is -2.05. The summed E-state index contributed by atoms with van der Waals surface area (Å²) in [6, 6.07) is 13.3. The number of furan rings is 1. The van der Waals surface area contributed by atoms with E-state index in [-0.39, 0.29) is 14.5 Å². The number of rotatable bonds is 3. The predicted octanol–water partition coefficient (Wildman–Crippen LogP) is 4.12. The molecule has 0 amide bonds. The first kappa shape index (κ1) is 13.9. The molecule has 0 bridgehead atoms. The van der Waals surface area contributed by atoms with E-state index in [0.29, 0.717) is 16.4 Å². The first-order valence-electron chi connectivity index (χ1n) is 6.13. The summed E-state index contributed by atoms with van der Waals surface area (Å²) < 4.78 is 6.05. The molecule has 21 heavy (non-hydrogen) atoms. The summed E-state index contributed by atoms with van der Waals surface area (Å²) in [4.78, 5) is 6.64. The molecule has 1 aromatic carbocycles. The van der Waals surface area contributed by atoms with Gasteiger partial charge in [0.15, 0.2) is 0 Å². The van der Waals surface area contributed by atoms with Gasteiger partial charge in [-0.05, 0) is 0 Å². The first-order chi connectivity index (χ1) is 10.3. The maximum absolute atomic E-state index is 9.31. The van der Waals surface area contributed by atoms with E-state index in [9.17, 15) is 5.26 Å². The molecule has 0 saturated heterocycles. The molecule has 0 unspecified atom stereocenters. The third-order valence-corrected chi connectivity index (χ3v) is 4.91. The van der Waals surface area contributed by atoms with Gasteiger partial charge in [0.1, 0.15) is 0 Å². The van der Waals surface area contributed by atoms with E-state index in [1.54, 1.807) is 18.4 Å². The number of hydrogen-bond donors (Lipinski definition) is 0. The van der Waals surface area contributed by atoms with Gasteiger partial charge in [0.2, 0.25) is 0 Å². The molecule has 3 nitrogen and oxygen atoms in total. The van der Waals surface area contributed by atoms with Gasteiger partial charge < -0.3 is 0 Å². The second-order valence-electron chi connectivity index (χ2n) is 4.23. The van der Waals surface area contributed by atoms with Crippen molar-refractivity contribution >= 4 is 37.8 Å². The molecule has 2 aromatic heterocycles. The Morgan fingerprint density at radius 2 is 2.10 bits per heavy atom. The van der Waals surface area contributed by atoms with E-state index >= 15 is 0 Å². The predicted molar refractivity (Wildman–Crippen MR) is 83.8 cm³/mol. The van der Waals surface area contributed by atoms with E-state index < -0.39 is 0 Å². The molecule has 0 spiro atoms. The van der Waals surface area contributed by atoms with Crippen LogP contribution in [0.3, 0.4) is 0 Å². The van der Waals surface area contributed by atoms with E-state index in [2.05, 4.69) is 16.0 Å². The van der Waals surface area contributed by atoms with Crippen molar-refractivity contribution in [3.05, 3.63) is 63.0 Å². The van der Waals surface area contributed by atoms with Gasteiger partial charge in [-0.1, -0.05) is 0 Å². The van der Waals surface area contributed by atoms with Gasteiger partial charge >= 0.3 is 133 Å². The van der Waals surface area contributed by atoms with E-state index in [1.807, 2.05) is 30.3 Å². The number of hydrogen-bond acceptors (Lipinski definition) is 3. The Kier molecular flexibility index (Phi) is 4.08. The van der Waals surface area contributed by atoms with Crippen molar-refractivity contribution in [1.29, 1.82) is 5.26 Å². The van der Waals surface area contributed by atoms with Gasteiger partial charge in [0.25, 0.3) is 0 Å². The van der Waals surface area contributed by atoms with Crippen LogP contribution >= 0.6 is 11.6 Å². The fourth-order valence-corrected chi connectivity index (χ4v) is 3.60. The summed E-state index contributed by atoms with van der Waals surface area (Å²) >= 11 is 5.93. The number of halogens is 1. The van der Waals surface area contributed by atoms with E-state index in [4.69, 9.17) is 16.0 Å². The first-order valence-corrected chi connectivity index (χ1v) is 8.36. The average molecular weight is 360 g/mol. The van der Waals surface area contributed by atoms with E-state index in [0.717, 1.165) is 15.8 Å². The van der Waals surface area contributed by atoms with E-state index in [1.165, 1.54) is 0 Å². The fourth-order valence-electron chi connectivity index (χ4n) is 1.81. The Morgan fingerprint density at radius 3 is 2.76 bits per heavy atom. The molecule has 5 heteroatoms. The molecule has 3 rings (SSSR count). The van der Waals surface area contributed by atoms with Crippen LogP contribution in [0, 0.1) is 11.3 Å². The zero-order valence-corrected chi connectivity index (χ0v) is 13.3. The Morgan fingerprint density at radius 1 is 1.29 bits per heavy atom. The zero-order valence-electron chi connectivity index (χ0n) is 10.8. The molecule has 3 aromatic rings. The van der Waals surface area contributed by atoms with Crippen molar-refractivity contribution in [2.45, 2.75) is 0 Å². The third-order valence-electron chi connectivity index (χ3n) is 2.82. The summed E-state index contributed by atoms with van der Waals surface area (Å²) in [5.41, 5.74) is 2.44. The van der Waals surface area contributed by atoms with Crippen molar-refractivity contribution in [2.24, 2.45) is 0 Å². The zero-order chi connectivity index (χ0) is 14.7. The second-order valence-corrected chi connectivity index (χ2v) is 6.47. The van der Waals surface area contributed by atoms with Crippen molar-refractivity contribution < 1.29 is 4.42 Å². The molecule has 0 aliphatic rings. The molecular formula is C16H9ClN2OSe. The molecule has 0 aliphatic heterocycles. The fraction of sp³-hybridized carbons (Fsp3) is 0. The molecule has 0 radical (unpaired) electrons. The van der Waals surface area contributed by atoms with Crippen LogP contribution in [-0.2, 0) is 0 Å². The Balaban J connectivity index is 1.94. The van der Waals surface area contributed by atoms with Gasteiger partial charge in [0.05, 0.1) is 0 Å². The second kappa shape index (κ2) is 6.15. The monoisotopic (exact) mass is 360 g/mol. The topological polar surface area (TPSA) is 49.8 Å². The molecule has 0 atom stereocenters. The van der Waals surface area contributed by atoms with Crippen LogP contribution in [0.4, 0.5) is 0 Å².